The maximum Gasteiger partial charge on any atom is 0.189 e. The number of aromatic nitrogens is 5. The molecule has 2 aromatic carbocycles. The molecule has 0 spiro atoms. The van der Waals surface area contributed by atoms with E-state index in [1.807, 2.05) is 48.5 Å². The number of nitrogens with one attached hydrogen (secondary N) is 1. The third-order valence-corrected chi connectivity index (χ3v) is 3.83. The molecule has 2 aromatic heterocycles. The number of aryl methyl sites for hydroxylation is 2. The molecule has 0 saturated heterocycles. The zero-order valence-electron chi connectivity index (χ0n) is 13.4. The largest absolute Gasteiger partial charge is 0.338 e. The predicted molar refractivity (Wildman–Crippen MR) is 93.7 cm³/mol. The Morgan fingerprint density at radius 2 is 1.50 bits per heavy atom. The van der Waals surface area contributed by atoms with E-state index in [0.717, 1.165) is 11.4 Å². The lowest BCUT2D eigenvalue weighted by atomic mass is 10.2. The minimum absolute atomic E-state index is 0.638. The van der Waals surface area contributed by atoms with Crippen molar-refractivity contribution in [2.24, 2.45) is 0 Å². The van der Waals surface area contributed by atoms with Crippen LogP contribution in [0.5, 0.6) is 0 Å². The number of anilines is 2. The van der Waals surface area contributed by atoms with E-state index in [1.54, 1.807) is 4.68 Å². The molecule has 0 bridgehead atoms. The lowest BCUT2D eigenvalue weighted by Crippen LogP contribution is -1.99. The van der Waals surface area contributed by atoms with Gasteiger partial charge in [0, 0.05) is 5.69 Å². The molecule has 0 unspecified atom stereocenters. The third-order valence-electron chi connectivity index (χ3n) is 3.83. The molecule has 0 atom stereocenters. The topological polar surface area (TPSA) is 68.5 Å². The molecule has 118 valence electrons. The molecule has 0 radical (unpaired) electrons. The van der Waals surface area contributed by atoms with Crippen molar-refractivity contribution in [1.29, 1.82) is 0 Å². The van der Waals surface area contributed by atoms with Crippen LogP contribution in [0.3, 0.4) is 0 Å². The Kier molecular flexibility index (Phi) is 3.42. The van der Waals surface area contributed by atoms with Crippen molar-refractivity contribution in [2.75, 3.05) is 5.32 Å². The smallest absolute Gasteiger partial charge is 0.189 e. The van der Waals surface area contributed by atoms with Crippen molar-refractivity contribution >= 4 is 22.7 Å². The fourth-order valence-corrected chi connectivity index (χ4v) is 2.47. The molecular formula is C18H16N6. The van der Waals surface area contributed by atoms with Crippen molar-refractivity contribution in [3.63, 3.8) is 0 Å². The zero-order valence-corrected chi connectivity index (χ0v) is 13.4. The first-order chi connectivity index (χ1) is 11.7. The summed E-state index contributed by atoms with van der Waals surface area (Å²) in [5, 5.41) is 11.8. The molecule has 0 fully saturated rings. The second-order valence-corrected chi connectivity index (χ2v) is 5.72. The van der Waals surface area contributed by atoms with E-state index in [4.69, 9.17) is 0 Å². The Balaban J connectivity index is 1.76. The maximum atomic E-state index is 4.34. The van der Waals surface area contributed by atoms with E-state index in [0.29, 0.717) is 17.0 Å². The van der Waals surface area contributed by atoms with Gasteiger partial charge in [-0.15, -0.1) is 5.10 Å². The van der Waals surface area contributed by atoms with Crippen LogP contribution in [0.15, 0.2) is 54.9 Å². The molecule has 0 saturated carbocycles. The van der Waals surface area contributed by atoms with Gasteiger partial charge in [-0.25, -0.2) is 9.97 Å². The molecule has 0 aliphatic heterocycles. The Hall–Kier alpha value is -3.28. The fourth-order valence-electron chi connectivity index (χ4n) is 2.47. The van der Waals surface area contributed by atoms with Crippen LogP contribution in [0.25, 0.3) is 16.9 Å². The van der Waals surface area contributed by atoms with Gasteiger partial charge in [0.05, 0.1) is 5.69 Å². The molecule has 6 heteroatoms. The summed E-state index contributed by atoms with van der Waals surface area (Å²) in [6, 6.07) is 16.2. The van der Waals surface area contributed by atoms with Gasteiger partial charge in [0.2, 0.25) is 0 Å². The minimum Gasteiger partial charge on any atom is -0.338 e. The first-order valence-electron chi connectivity index (χ1n) is 7.68. The van der Waals surface area contributed by atoms with E-state index in [2.05, 4.69) is 39.4 Å². The summed E-state index contributed by atoms with van der Waals surface area (Å²) in [7, 11) is 0. The lowest BCUT2D eigenvalue weighted by Gasteiger charge is -2.06. The van der Waals surface area contributed by atoms with E-state index in [9.17, 15) is 0 Å². The molecule has 4 rings (SSSR count). The number of fused-ring (bicyclic) bond motifs is 1. The average Bonchev–Trinajstić information content (AvgIpc) is 3.03. The van der Waals surface area contributed by atoms with Crippen LogP contribution in [0.4, 0.5) is 11.5 Å². The SMILES string of the molecule is Cc1ccc(Nc2ncnc3c2nnn3-c2ccc(C)cc2)cc1. The van der Waals surface area contributed by atoms with Gasteiger partial charge in [-0.3, -0.25) is 0 Å². The summed E-state index contributed by atoms with van der Waals surface area (Å²) < 4.78 is 1.72. The first kappa shape index (κ1) is 14.3. The van der Waals surface area contributed by atoms with E-state index >= 15 is 0 Å². The van der Waals surface area contributed by atoms with Crippen LogP contribution in [0.1, 0.15) is 11.1 Å². The summed E-state index contributed by atoms with van der Waals surface area (Å²) in [6.45, 7) is 4.11. The maximum absolute atomic E-state index is 4.34. The monoisotopic (exact) mass is 316 g/mol. The normalized spacial score (nSPS) is 10.9. The molecule has 0 aliphatic carbocycles. The van der Waals surface area contributed by atoms with E-state index in [-0.39, 0.29) is 0 Å². The van der Waals surface area contributed by atoms with Gasteiger partial charge in [-0.1, -0.05) is 40.6 Å². The van der Waals surface area contributed by atoms with Crippen molar-refractivity contribution in [3.8, 4) is 5.69 Å². The summed E-state index contributed by atoms with van der Waals surface area (Å²) >= 11 is 0. The Morgan fingerprint density at radius 1 is 0.833 bits per heavy atom. The average molecular weight is 316 g/mol. The van der Waals surface area contributed by atoms with Crippen molar-refractivity contribution in [3.05, 3.63) is 66.0 Å². The van der Waals surface area contributed by atoms with Crippen LogP contribution in [-0.4, -0.2) is 25.0 Å². The highest BCUT2D eigenvalue weighted by Gasteiger charge is 2.13. The fraction of sp³-hybridized carbons (Fsp3) is 0.111. The van der Waals surface area contributed by atoms with Crippen molar-refractivity contribution in [2.45, 2.75) is 13.8 Å². The van der Waals surface area contributed by atoms with Crippen LogP contribution >= 0.6 is 0 Å². The van der Waals surface area contributed by atoms with Gasteiger partial charge in [0.25, 0.3) is 0 Å². The molecule has 6 nitrogen and oxygen atoms in total. The van der Waals surface area contributed by atoms with Crippen LogP contribution in [0, 0.1) is 13.8 Å². The summed E-state index contributed by atoms with van der Waals surface area (Å²) in [4.78, 5) is 8.65. The van der Waals surface area contributed by atoms with Gasteiger partial charge >= 0.3 is 0 Å². The van der Waals surface area contributed by atoms with Crippen LogP contribution in [-0.2, 0) is 0 Å². The van der Waals surface area contributed by atoms with Gasteiger partial charge in [0.1, 0.15) is 6.33 Å². The van der Waals surface area contributed by atoms with Gasteiger partial charge in [0.15, 0.2) is 17.0 Å². The standard InChI is InChI=1S/C18H16N6/c1-12-3-7-14(8-4-12)21-17-16-18(20-11-19-17)24(23-22-16)15-9-5-13(2)6-10-15/h3-11H,1-2H3,(H,19,20,21). The predicted octanol–water partition coefficient (Wildman–Crippen LogP) is 3.57. The molecular weight excluding hydrogens is 300 g/mol. The number of hydrogen-bond donors (Lipinski definition) is 1. The van der Waals surface area contributed by atoms with Gasteiger partial charge in [-0.2, -0.15) is 4.68 Å². The molecule has 1 N–H and O–H groups in total. The first-order valence-corrected chi connectivity index (χ1v) is 7.68. The van der Waals surface area contributed by atoms with Crippen LogP contribution in [0.2, 0.25) is 0 Å². The molecule has 4 aromatic rings. The highest BCUT2D eigenvalue weighted by molar-refractivity contribution is 5.85. The number of benzene rings is 2. The Morgan fingerprint density at radius 3 is 2.21 bits per heavy atom. The lowest BCUT2D eigenvalue weighted by molar-refractivity contribution is 0.817. The van der Waals surface area contributed by atoms with Gasteiger partial charge < -0.3 is 5.32 Å². The second kappa shape index (κ2) is 5.73. The van der Waals surface area contributed by atoms with Crippen molar-refractivity contribution < 1.29 is 0 Å². The van der Waals surface area contributed by atoms with Crippen LogP contribution < -0.4 is 5.32 Å². The van der Waals surface area contributed by atoms with E-state index in [1.165, 1.54) is 17.5 Å². The molecule has 2 heterocycles. The molecule has 24 heavy (non-hydrogen) atoms. The van der Waals surface area contributed by atoms with Gasteiger partial charge in [-0.05, 0) is 38.1 Å². The highest BCUT2D eigenvalue weighted by atomic mass is 15.4. The van der Waals surface area contributed by atoms with Crippen molar-refractivity contribution in [1.82, 2.24) is 25.0 Å². The third kappa shape index (κ3) is 2.58. The molecule has 0 amide bonds. The second-order valence-electron chi connectivity index (χ2n) is 5.72. The number of rotatable bonds is 3. The summed E-state index contributed by atoms with van der Waals surface area (Å²) in [5.41, 5.74) is 5.58. The number of nitrogens with zero attached hydrogens (tertiary/aromatic N) is 5. The minimum atomic E-state index is 0.638. The highest BCUT2D eigenvalue weighted by Crippen LogP contribution is 2.22. The summed E-state index contributed by atoms with van der Waals surface area (Å²) in [6.07, 6.45) is 1.52. The zero-order chi connectivity index (χ0) is 16.5. The Bertz CT molecular complexity index is 986. The number of hydrogen-bond acceptors (Lipinski definition) is 5. The quantitative estimate of drug-likeness (QED) is 0.626. The van der Waals surface area contributed by atoms with E-state index < -0.39 is 0 Å². The molecule has 0 aliphatic rings. The Labute approximate surface area is 139 Å². The summed E-state index contributed by atoms with van der Waals surface area (Å²) in [5.74, 6) is 0.641.